The molecule has 0 saturated carbocycles. The van der Waals surface area contributed by atoms with Crippen LogP contribution in [0.1, 0.15) is 13.8 Å². The monoisotopic (exact) mass is 344 g/mol. The molecule has 0 bridgehead atoms. The van der Waals surface area contributed by atoms with Crippen LogP contribution in [0.4, 0.5) is 5.69 Å². The molecular formula is C13H14Cl2N4OS. The van der Waals surface area contributed by atoms with Crippen LogP contribution in [-0.4, -0.2) is 25.9 Å². The van der Waals surface area contributed by atoms with Gasteiger partial charge in [-0.1, -0.05) is 35.0 Å². The number of carbonyl (C=O) groups excluding carboxylic acids is 1. The second-order valence-corrected chi connectivity index (χ2v) is 6.49. The first-order valence-electron chi connectivity index (χ1n) is 6.31. The molecule has 8 heteroatoms. The number of anilines is 1. The summed E-state index contributed by atoms with van der Waals surface area (Å²) in [5.41, 5.74) is 0.571. The van der Waals surface area contributed by atoms with Gasteiger partial charge in [0.15, 0.2) is 5.16 Å². The molecule has 0 fully saturated rings. The average Bonchev–Trinajstić information content (AvgIpc) is 2.84. The number of nitrogens with one attached hydrogen (secondary N) is 1. The van der Waals surface area contributed by atoms with Crippen LogP contribution in [0.2, 0.25) is 10.0 Å². The average molecular weight is 345 g/mol. The lowest BCUT2D eigenvalue weighted by Gasteiger charge is -2.12. The lowest BCUT2D eigenvalue weighted by Crippen LogP contribution is -2.22. The lowest BCUT2D eigenvalue weighted by molar-refractivity contribution is -0.115. The zero-order valence-electron chi connectivity index (χ0n) is 11.5. The molecule has 5 nitrogen and oxygen atoms in total. The molecule has 1 aromatic carbocycles. The van der Waals surface area contributed by atoms with Crippen molar-refractivity contribution < 1.29 is 4.79 Å². The van der Waals surface area contributed by atoms with Crippen molar-refractivity contribution in [3.63, 3.8) is 0 Å². The molecule has 1 N–H and O–H groups in total. The second-order valence-electron chi connectivity index (χ2n) is 4.31. The van der Waals surface area contributed by atoms with E-state index in [1.54, 1.807) is 31.5 Å². The summed E-state index contributed by atoms with van der Waals surface area (Å²) < 4.78 is 1.88. The summed E-state index contributed by atoms with van der Waals surface area (Å²) in [5, 5.41) is 12.0. The lowest BCUT2D eigenvalue weighted by atomic mass is 10.3. The van der Waals surface area contributed by atoms with Crippen molar-refractivity contribution in [3.8, 4) is 0 Å². The van der Waals surface area contributed by atoms with Gasteiger partial charge in [-0.2, -0.15) is 0 Å². The fraction of sp³-hybridized carbons (Fsp3) is 0.308. The van der Waals surface area contributed by atoms with Crippen molar-refractivity contribution >= 4 is 46.6 Å². The number of rotatable bonds is 5. The number of aromatic nitrogens is 3. The van der Waals surface area contributed by atoms with Crippen LogP contribution in [0.25, 0.3) is 0 Å². The van der Waals surface area contributed by atoms with Gasteiger partial charge >= 0.3 is 0 Å². The number of carbonyl (C=O) groups is 1. The number of halogens is 2. The van der Waals surface area contributed by atoms with Gasteiger partial charge in [-0.3, -0.25) is 4.79 Å². The van der Waals surface area contributed by atoms with E-state index in [4.69, 9.17) is 23.2 Å². The smallest absolute Gasteiger partial charge is 0.237 e. The van der Waals surface area contributed by atoms with Crippen LogP contribution in [0, 0.1) is 0 Å². The van der Waals surface area contributed by atoms with Gasteiger partial charge in [0.2, 0.25) is 5.91 Å². The van der Waals surface area contributed by atoms with Crippen LogP contribution in [0.15, 0.2) is 29.7 Å². The van der Waals surface area contributed by atoms with Crippen LogP contribution in [-0.2, 0) is 11.3 Å². The molecule has 2 rings (SSSR count). The zero-order valence-corrected chi connectivity index (χ0v) is 13.8. The van der Waals surface area contributed by atoms with Gasteiger partial charge in [-0.25, -0.2) is 0 Å². The van der Waals surface area contributed by atoms with Crippen LogP contribution in [0.3, 0.4) is 0 Å². The summed E-state index contributed by atoms with van der Waals surface area (Å²) >= 11 is 13.2. The minimum Gasteiger partial charge on any atom is -0.325 e. The fourth-order valence-electron chi connectivity index (χ4n) is 1.63. The first kappa shape index (κ1) is 16.1. The highest BCUT2D eigenvalue weighted by Gasteiger charge is 2.18. The summed E-state index contributed by atoms with van der Waals surface area (Å²) in [6, 6.07) is 4.91. The van der Waals surface area contributed by atoms with E-state index in [2.05, 4.69) is 15.5 Å². The molecule has 0 radical (unpaired) electrons. The molecule has 0 aliphatic carbocycles. The van der Waals surface area contributed by atoms with Gasteiger partial charge < -0.3 is 9.88 Å². The third-order valence-electron chi connectivity index (χ3n) is 2.70. The quantitative estimate of drug-likeness (QED) is 0.839. The number of benzene rings is 1. The maximum absolute atomic E-state index is 12.2. The molecule has 2 aromatic rings. The van der Waals surface area contributed by atoms with E-state index in [9.17, 15) is 4.79 Å². The van der Waals surface area contributed by atoms with E-state index < -0.39 is 0 Å². The SMILES string of the molecule is CCn1cnnc1S[C@@H](C)C(=O)Nc1cc(Cl)cc(Cl)c1. The van der Waals surface area contributed by atoms with Gasteiger partial charge in [0, 0.05) is 22.3 Å². The van der Waals surface area contributed by atoms with Crippen LogP contribution in [0.5, 0.6) is 0 Å². The minimum atomic E-state index is -0.322. The first-order valence-corrected chi connectivity index (χ1v) is 7.94. The molecule has 1 amide bonds. The summed E-state index contributed by atoms with van der Waals surface area (Å²) in [4.78, 5) is 12.2. The number of amides is 1. The molecule has 112 valence electrons. The second kappa shape index (κ2) is 7.15. The summed E-state index contributed by atoms with van der Waals surface area (Å²) in [5.74, 6) is -0.149. The molecule has 0 saturated heterocycles. The van der Waals surface area contributed by atoms with Gasteiger partial charge in [-0.05, 0) is 32.0 Å². The highest BCUT2D eigenvalue weighted by atomic mass is 35.5. The highest BCUT2D eigenvalue weighted by Crippen LogP contribution is 2.25. The van der Waals surface area contributed by atoms with Gasteiger partial charge in [0.25, 0.3) is 0 Å². The van der Waals surface area contributed by atoms with Gasteiger partial charge in [0.1, 0.15) is 6.33 Å². The molecule has 0 aliphatic heterocycles. The Kier molecular flexibility index (Phi) is 5.50. The van der Waals surface area contributed by atoms with Crippen molar-refractivity contribution in [1.82, 2.24) is 14.8 Å². The van der Waals surface area contributed by atoms with Crippen molar-refractivity contribution in [3.05, 3.63) is 34.6 Å². The highest BCUT2D eigenvalue weighted by molar-refractivity contribution is 8.00. The topological polar surface area (TPSA) is 59.8 Å². The van der Waals surface area contributed by atoms with Crippen molar-refractivity contribution in [1.29, 1.82) is 0 Å². The predicted octanol–water partition coefficient (Wildman–Crippen LogP) is 3.72. The standard InChI is InChI=1S/C13H14Cl2N4OS/c1-3-19-7-16-18-13(19)21-8(2)12(20)17-11-5-9(14)4-10(15)6-11/h4-8H,3H2,1-2H3,(H,17,20)/t8-/m0/s1. The maximum Gasteiger partial charge on any atom is 0.237 e. The molecule has 0 unspecified atom stereocenters. The third kappa shape index (κ3) is 4.36. The first-order chi connectivity index (χ1) is 9.99. The minimum absolute atomic E-state index is 0.149. The van der Waals surface area contributed by atoms with Crippen LogP contribution >= 0.6 is 35.0 Å². The summed E-state index contributed by atoms with van der Waals surface area (Å²) in [6.07, 6.45) is 1.64. The Hall–Kier alpha value is -1.24. The molecule has 0 aliphatic rings. The van der Waals surface area contributed by atoms with Gasteiger partial charge in [0.05, 0.1) is 5.25 Å². The molecule has 0 spiro atoms. The Bertz CT molecular complexity index is 627. The third-order valence-corrected chi connectivity index (χ3v) is 4.23. The number of aryl methyl sites for hydroxylation is 1. The molecule has 1 heterocycles. The predicted molar refractivity (Wildman–Crippen MR) is 86.1 cm³/mol. The zero-order chi connectivity index (χ0) is 15.4. The fourth-order valence-corrected chi connectivity index (χ4v) is 3.05. The van der Waals surface area contributed by atoms with Crippen molar-refractivity contribution in [2.45, 2.75) is 30.8 Å². The molecule has 1 aromatic heterocycles. The maximum atomic E-state index is 12.2. The Morgan fingerprint density at radius 1 is 1.38 bits per heavy atom. The summed E-state index contributed by atoms with van der Waals surface area (Å²) in [6.45, 7) is 4.56. The number of nitrogens with zero attached hydrogens (tertiary/aromatic N) is 3. The Balaban J connectivity index is 2.02. The Morgan fingerprint density at radius 3 is 2.67 bits per heavy atom. The van der Waals surface area contributed by atoms with E-state index >= 15 is 0 Å². The van der Waals surface area contributed by atoms with E-state index in [1.165, 1.54) is 11.8 Å². The van der Waals surface area contributed by atoms with E-state index in [0.29, 0.717) is 20.9 Å². The Labute approximate surface area is 137 Å². The molecule has 1 atom stereocenters. The molecular weight excluding hydrogens is 331 g/mol. The molecule has 21 heavy (non-hydrogen) atoms. The van der Waals surface area contributed by atoms with E-state index in [-0.39, 0.29) is 11.2 Å². The number of hydrogen-bond donors (Lipinski definition) is 1. The van der Waals surface area contributed by atoms with Crippen molar-refractivity contribution in [2.75, 3.05) is 5.32 Å². The van der Waals surface area contributed by atoms with Gasteiger partial charge in [-0.15, -0.1) is 10.2 Å². The van der Waals surface area contributed by atoms with E-state index in [0.717, 1.165) is 6.54 Å². The normalized spacial score (nSPS) is 12.2. The van der Waals surface area contributed by atoms with E-state index in [1.807, 2.05) is 11.5 Å². The number of thioether (sulfide) groups is 1. The number of hydrogen-bond acceptors (Lipinski definition) is 4. The summed E-state index contributed by atoms with van der Waals surface area (Å²) in [7, 11) is 0. The van der Waals surface area contributed by atoms with Crippen molar-refractivity contribution in [2.24, 2.45) is 0 Å². The van der Waals surface area contributed by atoms with Crippen LogP contribution < -0.4 is 5.32 Å². The largest absolute Gasteiger partial charge is 0.325 e. The Morgan fingerprint density at radius 2 is 2.05 bits per heavy atom.